The summed E-state index contributed by atoms with van der Waals surface area (Å²) in [6.45, 7) is 1.77. The summed E-state index contributed by atoms with van der Waals surface area (Å²) < 4.78 is 15.8. The zero-order valence-corrected chi connectivity index (χ0v) is 16.3. The molecular weight excluding hydrogens is 392 g/mol. The molecule has 30 heavy (non-hydrogen) atoms. The normalized spacial score (nSPS) is 17.5. The Morgan fingerprint density at radius 3 is 2.50 bits per heavy atom. The summed E-state index contributed by atoms with van der Waals surface area (Å²) >= 11 is 0. The number of amides is 3. The van der Waals surface area contributed by atoms with Crippen LogP contribution in [0.3, 0.4) is 0 Å². The predicted molar refractivity (Wildman–Crippen MR) is 105 cm³/mol. The number of imide groups is 1. The quantitative estimate of drug-likeness (QED) is 0.288. The van der Waals surface area contributed by atoms with Gasteiger partial charge in [-0.3, -0.25) is 10.1 Å². The molecule has 1 atom stereocenters. The number of hydrogen-bond acceptors (Lipinski definition) is 7. The van der Waals surface area contributed by atoms with Crippen LogP contribution in [0.4, 0.5) is 4.79 Å². The van der Waals surface area contributed by atoms with Crippen LogP contribution in [0, 0.1) is 0 Å². The second kappa shape index (κ2) is 8.99. The number of esters is 1. The molecule has 156 valence electrons. The van der Waals surface area contributed by atoms with Crippen molar-refractivity contribution in [2.75, 3.05) is 13.7 Å². The van der Waals surface area contributed by atoms with E-state index < -0.39 is 29.9 Å². The van der Waals surface area contributed by atoms with Crippen molar-refractivity contribution >= 4 is 17.9 Å². The lowest BCUT2D eigenvalue weighted by atomic mass is 9.96. The Balaban J connectivity index is 1.94. The number of rotatable bonds is 6. The van der Waals surface area contributed by atoms with Gasteiger partial charge in [0, 0.05) is 0 Å². The Labute approximate surface area is 172 Å². The number of hydrogen-bond donors (Lipinski definition) is 3. The highest BCUT2D eigenvalue weighted by molar-refractivity contribution is 6.08. The smallest absolute Gasteiger partial charge is 0.343 e. The van der Waals surface area contributed by atoms with E-state index in [1.165, 1.54) is 19.2 Å². The van der Waals surface area contributed by atoms with Gasteiger partial charge in [0.1, 0.15) is 5.57 Å². The molecule has 1 fully saturated rings. The molecule has 0 bridgehead atoms. The fraction of sp³-hybridized carbons (Fsp3) is 0.190. The standard InChI is InChI=1S/C21H20N2O7/c1-3-29-20(26)16-17(22-21(27)23-18(16)24)13-9-10-14(15(11-13)28-2)30-19(25)12-7-5-4-6-8-12/h4-11,17,26H,3H2,1-2H3,(H2,22,23,24,27)/b20-16+. The number of carbonyl (C=O) groups is 3. The topological polar surface area (TPSA) is 123 Å². The zero-order valence-electron chi connectivity index (χ0n) is 16.3. The molecule has 2 aromatic carbocycles. The number of benzene rings is 2. The van der Waals surface area contributed by atoms with Crippen molar-refractivity contribution < 1.29 is 33.7 Å². The van der Waals surface area contributed by atoms with Crippen molar-refractivity contribution in [2.24, 2.45) is 0 Å². The van der Waals surface area contributed by atoms with E-state index in [0.29, 0.717) is 11.1 Å². The molecule has 3 N–H and O–H groups in total. The molecule has 0 aliphatic carbocycles. The van der Waals surface area contributed by atoms with Crippen molar-refractivity contribution in [1.82, 2.24) is 10.6 Å². The van der Waals surface area contributed by atoms with Crippen LogP contribution >= 0.6 is 0 Å². The Bertz CT molecular complexity index is 1000. The summed E-state index contributed by atoms with van der Waals surface area (Å²) in [6, 6.07) is 11.2. The first kappa shape index (κ1) is 20.7. The zero-order chi connectivity index (χ0) is 21.7. The van der Waals surface area contributed by atoms with Crippen molar-refractivity contribution in [3.8, 4) is 11.5 Å². The highest BCUT2D eigenvalue weighted by Gasteiger charge is 2.35. The molecule has 2 aromatic rings. The molecule has 0 spiro atoms. The molecular formula is C21H20N2O7. The number of aliphatic hydroxyl groups is 1. The average molecular weight is 412 g/mol. The fourth-order valence-electron chi connectivity index (χ4n) is 2.91. The highest BCUT2D eigenvalue weighted by Crippen LogP contribution is 2.34. The molecule has 3 amide bonds. The SMILES string of the molecule is CCO/C(O)=C1/C(=O)NC(=O)NC1c1ccc(OC(=O)c2ccccc2)c(OC)c1. The second-order valence-electron chi connectivity index (χ2n) is 6.18. The van der Waals surface area contributed by atoms with Gasteiger partial charge in [-0.05, 0) is 36.8 Å². The van der Waals surface area contributed by atoms with Gasteiger partial charge >= 0.3 is 12.0 Å². The van der Waals surface area contributed by atoms with Gasteiger partial charge in [-0.2, -0.15) is 0 Å². The van der Waals surface area contributed by atoms with Crippen molar-refractivity contribution in [1.29, 1.82) is 0 Å². The minimum absolute atomic E-state index is 0.126. The van der Waals surface area contributed by atoms with Crippen LogP contribution in [-0.2, 0) is 9.53 Å². The molecule has 9 heteroatoms. The van der Waals surface area contributed by atoms with Crippen LogP contribution in [-0.4, -0.2) is 36.7 Å². The lowest BCUT2D eigenvalue weighted by molar-refractivity contribution is -0.118. The number of urea groups is 1. The maximum Gasteiger partial charge on any atom is 0.343 e. The minimum atomic E-state index is -0.995. The number of nitrogens with one attached hydrogen (secondary N) is 2. The largest absolute Gasteiger partial charge is 0.493 e. The summed E-state index contributed by atoms with van der Waals surface area (Å²) in [5.74, 6) is -1.60. The van der Waals surface area contributed by atoms with Crippen LogP contribution in [0.15, 0.2) is 60.0 Å². The monoisotopic (exact) mass is 412 g/mol. The molecule has 1 saturated heterocycles. The maximum absolute atomic E-state index is 12.3. The Morgan fingerprint density at radius 1 is 1.10 bits per heavy atom. The third-order valence-corrected chi connectivity index (χ3v) is 4.28. The van der Waals surface area contributed by atoms with Gasteiger partial charge in [0.25, 0.3) is 11.9 Å². The summed E-state index contributed by atoms with van der Waals surface area (Å²) in [6.07, 6.45) is 0. The third kappa shape index (κ3) is 4.35. The van der Waals surface area contributed by atoms with Crippen LogP contribution in [0.25, 0.3) is 0 Å². The van der Waals surface area contributed by atoms with Gasteiger partial charge < -0.3 is 24.6 Å². The molecule has 3 rings (SSSR count). The highest BCUT2D eigenvalue weighted by atomic mass is 16.6. The number of carbonyl (C=O) groups excluding carboxylic acids is 3. The molecule has 1 aliphatic heterocycles. The van der Waals surface area contributed by atoms with E-state index in [0.717, 1.165) is 0 Å². The van der Waals surface area contributed by atoms with Gasteiger partial charge in [0.2, 0.25) is 0 Å². The van der Waals surface area contributed by atoms with E-state index >= 15 is 0 Å². The minimum Gasteiger partial charge on any atom is -0.493 e. The Hall–Kier alpha value is -4.01. The van der Waals surface area contributed by atoms with Gasteiger partial charge in [0.15, 0.2) is 11.5 Å². The number of ether oxygens (including phenoxy) is 3. The van der Waals surface area contributed by atoms with Crippen molar-refractivity contribution in [3.05, 3.63) is 71.2 Å². The third-order valence-electron chi connectivity index (χ3n) is 4.28. The lowest BCUT2D eigenvalue weighted by Gasteiger charge is -2.27. The molecule has 0 saturated carbocycles. The van der Waals surface area contributed by atoms with Gasteiger partial charge in [-0.15, -0.1) is 0 Å². The average Bonchev–Trinajstić information content (AvgIpc) is 2.74. The van der Waals surface area contributed by atoms with E-state index in [1.807, 2.05) is 0 Å². The summed E-state index contributed by atoms with van der Waals surface area (Å²) in [5.41, 5.74) is 0.620. The number of aliphatic hydroxyl groups excluding tert-OH is 1. The lowest BCUT2D eigenvalue weighted by Crippen LogP contribution is -2.50. The van der Waals surface area contributed by atoms with E-state index in [9.17, 15) is 19.5 Å². The molecule has 0 radical (unpaired) electrons. The van der Waals surface area contributed by atoms with Gasteiger partial charge in [0.05, 0.1) is 25.3 Å². The van der Waals surface area contributed by atoms with Crippen LogP contribution in [0.2, 0.25) is 0 Å². The second-order valence-corrected chi connectivity index (χ2v) is 6.18. The summed E-state index contributed by atoms with van der Waals surface area (Å²) in [7, 11) is 1.39. The Kier molecular flexibility index (Phi) is 6.21. The van der Waals surface area contributed by atoms with Crippen LogP contribution < -0.4 is 20.1 Å². The molecule has 9 nitrogen and oxygen atoms in total. The van der Waals surface area contributed by atoms with E-state index in [4.69, 9.17) is 14.2 Å². The fourth-order valence-corrected chi connectivity index (χ4v) is 2.91. The van der Waals surface area contributed by atoms with E-state index in [1.54, 1.807) is 43.3 Å². The van der Waals surface area contributed by atoms with Gasteiger partial charge in [-0.25, -0.2) is 9.59 Å². The van der Waals surface area contributed by atoms with Crippen molar-refractivity contribution in [2.45, 2.75) is 13.0 Å². The van der Waals surface area contributed by atoms with Crippen LogP contribution in [0.1, 0.15) is 28.9 Å². The number of methoxy groups -OCH3 is 1. The van der Waals surface area contributed by atoms with E-state index in [-0.39, 0.29) is 23.7 Å². The Morgan fingerprint density at radius 2 is 1.83 bits per heavy atom. The first-order chi connectivity index (χ1) is 14.4. The molecule has 1 aliphatic rings. The summed E-state index contributed by atoms with van der Waals surface area (Å²) in [4.78, 5) is 36.4. The van der Waals surface area contributed by atoms with Crippen molar-refractivity contribution in [3.63, 3.8) is 0 Å². The van der Waals surface area contributed by atoms with Gasteiger partial charge in [-0.1, -0.05) is 24.3 Å². The summed E-state index contributed by atoms with van der Waals surface area (Å²) in [5, 5.41) is 14.8. The van der Waals surface area contributed by atoms with E-state index in [2.05, 4.69) is 10.6 Å². The first-order valence-corrected chi connectivity index (χ1v) is 9.07. The molecule has 1 heterocycles. The molecule has 0 aromatic heterocycles. The first-order valence-electron chi connectivity index (χ1n) is 9.07. The molecule has 1 unspecified atom stereocenters. The van der Waals surface area contributed by atoms with Crippen LogP contribution in [0.5, 0.6) is 11.5 Å². The maximum atomic E-state index is 12.3. The predicted octanol–water partition coefficient (Wildman–Crippen LogP) is 2.60.